The van der Waals surface area contributed by atoms with Crippen molar-refractivity contribution in [1.29, 1.82) is 0 Å². The van der Waals surface area contributed by atoms with Crippen LogP contribution in [0.4, 0.5) is 8.78 Å². The zero-order valence-electron chi connectivity index (χ0n) is 17.7. The number of esters is 1. The Labute approximate surface area is 189 Å². The van der Waals surface area contributed by atoms with Gasteiger partial charge in [0.05, 0.1) is 19.8 Å². The first-order valence-electron chi connectivity index (χ1n) is 9.79. The van der Waals surface area contributed by atoms with Crippen LogP contribution < -0.4 is 5.32 Å². The summed E-state index contributed by atoms with van der Waals surface area (Å²) in [5.74, 6) is -1.93. The van der Waals surface area contributed by atoms with E-state index in [1.165, 1.54) is 37.6 Å². The van der Waals surface area contributed by atoms with Gasteiger partial charge in [0, 0.05) is 16.8 Å². The number of carbonyl (C=O) groups excluding carboxylic acids is 1. The number of hydrogen-bond acceptors (Lipinski definition) is 7. The van der Waals surface area contributed by atoms with Gasteiger partial charge in [-0.25, -0.2) is 18.6 Å². The lowest BCUT2D eigenvalue weighted by molar-refractivity contribution is -0.136. The Balaban J connectivity index is 2.09. The van der Waals surface area contributed by atoms with Crippen LogP contribution in [-0.2, 0) is 19.0 Å². The maximum Gasteiger partial charge on any atom is 0.341 e. The van der Waals surface area contributed by atoms with Gasteiger partial charge in [-0.3, -0.25) is 4.99 Å². The Morgan fingerprint density at radius 2 is 2.03 bits per heavy atom. The summed E-state index contributed by atoms with van der Waals surface area (Å²) >= 11 is 6.26. The first-order valence-corrected chi connectivity index (χ1v) is 10.2. The number of carbonyl (C=O) groups is 1. The average Bonchev–Trinajstić information content (AvgIpc) is 2.76. The summed E-state index contributed by atoms with van der Waals surface area (Å²) in [6, 6.07) is 5.28. The van der Waals surface area contributed by atoms with E-state index in [4.69, 9.17) is 25.8 Å². The summed E-state index contributed by atoms with van der Waals surface area (Å²) < 4.78 is 44.3. The molecule has 1 unspecified atom stereocenters. The number of aromatic nitrogens is 1. The molecule has 0 aliphatic carbocycles. The van der Waals surface area contributed by atoms with Gasteiger partial charge >= 0.3 is 5.97 Å². The van der Waals surface area contributed by atoms with E-state index >= 15 is 0 Å². The number of amidine groups is 1. The largest absolute Gasteiger partial charge is 0.476 e. The predicted octanol–water partition coefficient (Wildman–Crippen LogP) is 3.93. The highest BCUT2D eigenvalue weighted by molar-refractivity contribution is 6.31. The normalized spacial score (nSPS) is 16.0. The molecule has 0 saturated heterocycles. The second kappa shape index (κ2) is 10.5. The molecular formula is C22H22ClF2N3O4. The van der Waals surface area contributed by atoms with Crippen molar-refractivity contribution in [1.82, 2.24) is 10.3 Å². The fourth-order valence-corrected chi connectivity index (χ4v) is 3.28. The van der Waals surface area contributed by atoms with Crippen molar-refractivity contribution in [3.63, 3.8) is 0 Å². The van der Waals surface area contributed by atoms with Gasteiger partial charge in [0.2, 0.25) is 5.88 Å². The molecule has 3 rings (SSSR count). The summed E-state index contributed by atoms with van der Waals surface area (Å²) in [5, 5.41) is 2.86. The van der Waals surface area contributed by atoms with E-state index in [1.807, 2.05) is 13.8 Å². The minimum atomic E-state index is -1.06. The molecule has 0 amide bonds. The van der Waals surface area contributed by atoms with Crippen LogP contribution in [0, 0.1) is 11.6 Å². The highest BCUT2D eigenvalue weighted by Gasteiger charge is 2.35. The number of pyridine rings is 1. The summed E-state index contributed by atoms with van der Waals surface area (Å²) in [5.41, 5.74) is 0.216. The van der Waals surface area contributed by atoms with Gasteiger partial charge < -0.3 is 19.5 Å². The van der Waals surface area contributed by atoms with E-state index in [9.17, 15) is 13.6 Å². The number of benzene rings is 1. The SMILES string of the molecule is COC(=O)C1=C(OCCOC(C)C)NC(c2ncccc2F)=NC1c1ccc(F)cc1Cl. The molecule has 2 heterocycles. The third kappa shape index (κ3) is 5.41. The van der Waals surface area contributed by atoms with Crippen molar-refractivity contribution in [3.8, 4) is 0 Å². The molecule has 32 heavy (non-hydrogen) atoms. The van der Waals surface area contributed by atoms with Gasteiger partial charge in [0.25, 0.3) is 0 Å². The monoisotopic (exact) mass is 465 g/mol. The van der Waals surface area contributed by atoms with E-state index in [1.54, 1.807) is 0 Å². The van der Waals surface area contributed by atoms with Gasteiger partial charge in [-0.1, -0.05) is 17.7 Å². The van der Waals surface area contributed by atoms with Gasteiger partial charge in [0.1, 0.15) is 29.7 Å². The second-order valence-electron chi connectivity index (χ2n) is 7.01. The topological polar surface area (TPSA) is 82.0 Å². The number of aliphatic imine (C=N–C) groups is 1. The predicted molar refractivity (Wildman–Crippen MR) is 114 cm³/mol. The van der Waals surface area contributed by atoms with Crippen LogP contribution in [0.3, 0.4) is 0 Å². The van der Waals surface area contributed by atoms with Gasteiger partial charge in [-0.05, 0) is 38.1 Å². The van der Waals surface area contributed by atoms with E-state index in [0.717, 1.165) is 6.07 Å². The molecule has 1 aliphatic heterocycles. The maximum absolute atomic E-state index is 14.5. The van der Waals surface area contributed by atoms with Crippen molar-refractivity contribution in [2.45, 2.75) is 26.0 Å². The molecule has 0 saturated carbocycles. The first-order chi connectivity index (χ1) is 15.3. The molecule has 170 valence electrons. The Kier molecular flexibility index (Phi) is 7.76. The Morgan fingerprint density at radius 3 is 2.69 bits per heavy atom. The van der Waals surface area contributed by atoms with Crippen molar-refractivity contribution < 1.29 is 27.8 Å². The Hall–Kier alpha value is -3.04. The summed E-state index contributed by atoms with van der Waals surface area (Å²) in [6.45, 7) is 4.07. The Bertz CT molecular complexity index is 1060. The highest BCUT2D eigenvalue weighted by atomic mass is 35.5. The van der Waals surface area contributed by atoms with E-state index in [2.05, 4.69) is 15.3 Å². The smallest absolute Gasteiger partial charge is 0.341 e. The third-order valence-corrected chi connectivity index (χ3v) is 4.76. The zero-order valence-corrected chi connectivity index (χ0v) is 18.5. The van der Waals surface area contributed by atoms with Crippen molar-refractivity contribution in [2.24, 2.45) is 4.99 Å². The van der Waals surface area contributed by atoms with Crippen LogP contribution in [0.25, 0.3) is 0 Å². The summed E-state index contributed by atoms with van der Waals surface area (Å²) in [4.78, 5) is 21.2. The van der Waals surface area contributed by atoms with Crippen LogP contribution in [-0.4, -0.2) is 43.2 Å². The molecule has 0 spiro atoms. The first kappa shape index (κ1) is 23.6. The number of rotatable bonds is 8. The van der Waals surface area contributed by atoms with Crippen LogP contribution in [0.15, 0.2) is 53.0 Å². The number of hydrogen-bond donors (Lipinski definition) is 1. The molecule has 0 fully saturated rings. The fraction of sp³-hybridized carbons (Fsp3) is 0.318. The second-order valence-corrected chi connectivity index (χ2v) is 7.41. The molecule has 0 bridgehead atoms. The molecule has 1 atom stereocenters. The molecule has 1 aliphatic rings. The van der Waals surface area contributed by atoms with E-state index in [-0.39, 0.29) is 47.3 Å². The number of halogens is 3. The minimum absolute atomic E-state index is 0.00866. The maximum atomic E-state index is 14.5. The summed E-state index contributed by atoms with van der Waals surface area (Å²) in [6.07, 6.45) is 1.39. The fourth-order valence-electron chi connectivity index (χ4n) is 3.01. The van der Waals surface area contributed by atoms with Gasteiger partial charge in [0.15, 0.2) is 11.7 Å². The Morgan fingerprint density at radius 1 is 1.25 bits per heavy atom. The molecule has 7 nitrogen and oxygen atoms in total. The van der Waals surface area contributed by atoms with Crippen molar-refractivity contribution in [2.75, 3.05) is 20.3 Å². The van der Waals surface area contributed by atoms with E-state index in [0.29, 0.717) is 5.56 Å². The number of ether oxygens (including phenoxy) is 3. The molecule has 2 aromatic rings. The molecule has 1 N–H and O–H groups in total. The highest BCUT2D eigenvalue weighted by Crippen LogP contribution is 2.36. The van der Waals surface area contributed by atoms with Crippen molar-refractivity contribution in [3.05, 3.63) is 75.9 Å². The molecular weight excluding hydrogens is 444 g/mol. The lowest BCUT2D eigenvalue weighted by Gasteiger charge is -2.27. The van der Waals surface area contributed by atoms with Crippen LogP contribution in [0.1, 0.15) is 31.1 Å². The van der Waals surface area contributed by atoms with Gasteiger partial charge in [-0.15, -0.1) is 0 Å². The number of nitrogens with one attached hydrogen (secondary N) is 1. The standard InChI is InChI=1S/C22H22ClF2N3O4/c1-12(2)31-9-10-32-21-17(22(29)30-3)18(14-7-6-13(24)11-15(14)23)27-20(28-21)19-16(25)5-4-8-26-19/h4-8,11-12,18H,9-10H2,1-3H3,(H,27,28). The molecule has 1 aromatic heterocycles. The van der Waals surface area contributed by atoms with Crippen LogP contribution in [0.2, 0.25) is 5.02 Å². The lowest BCUT2D eigenvalue weighted by atomic mass is 9.97. The molecule has 10 heteroatoms. The lowest BCUT2D eigenvalue weighted by Crippen LogP contribution is -2.36. The molecule has 0 radical (unpaired) electrons. The quantitative estimate of drug-likeness (QED) is 0.470. The minimum Gasteiger partial charge on any atom is -0.476 e. The summed E-state index contributed by atoms with van der Waals surface area (Å²) in [7, 11) is 1.20. The van der Waals surface area contributed by atoms with Crippen LogP contribution >= 0.6 is 11.6 Å². The molecule has 1 aromatic carbocycles. The average molecular weight is 466 g/mol. The van der Waals surface area contributed by atoms with Gasteiger partial charge in [-0.2, -0.15) is 0 Å². The number of methoxy groups -OCH3 is 1. The van der Waals surface area contributed by atoms with E-state index < -0.39 is 23.6 Å². The zero-order chi connectivity index (χ0) is 23.3. The van der Waals surface area contributed by atoms with Crippen LogP contribution in [0.5, 0.6) is 0 Å². The number of nitrogens with zero attached hydrogens (tertiary/aromatic N) is 2. The van der Waals surface area contributed by atoms with Crippen molar-refractivity contribution >= 4 is 23.4 Å². The third-order valence-electron chi connectivity index (χ3n) is 4.43.